The minimum atomic E-state index is -0.0335. The first-order chi connectivity index (χ1) is 14.8. The van der Waals surface area contributed by atoms with Crippen LogP contribution in [0.1, 0.15) is 46.4 Å². The third kappa shape index (κ3) is 4.63. The van der Waals surface area contributed by atoms with Crippen molar-refractivity contribution in [1.29, 1.82) is 0 Å². The monoisotopic (exact) mass is 419 g/mol. The summed E-state index contributed by atoms with van der Waals surface area (Å²) in [5.41, 5.74) is 4.37. The number of rotatable bonds is 6. The molecule has 3 atom stereocenters. The number of thioether (sulfide) groups is 1. The fourth-order valence-electron chi connectivity index (χ4n) is 4.50. The molecule has 0 aliphatic carbocycles. The van der Waals surface area contributed by atoms with Crippen molar-refractivity contribution in [2.75, 3.05) is 24.7 Å². The molecule has 0 saturated carbocycles. The molecule has 3 N–H and O–H groups in total. The van der Waals surface area contributed by atoms with Crippen LogP contribution < -0.4 is 16.0 Å². The highest BCUT2D eigenvalue weighted by atomic mass is 32.2. The molecule has 2 aliphatic heterocycles. The number of carbonyl (C=O) groups excluding carboxylic acids is 1. The lowest BCUT2D eigenvalue weighted by molar-refractivity contribution is 0.0957. The Labute approximate surface area is 183 Å². The van der Waals surface area contributed by atoms with Crippen LogP contribution in [0.3, 0.4) is 0 Å². The van der Waals surface area contributed by atoms with E-state index in [-0.39, 0.29) is 18.0 Å². The zero-order valence-corrected chi connectivity index (χ0v) is 18.1. The number of anilines is 1. The van der Waals surface area contributed by atoms with E-state index in [1.807, 2.05) is 36.0 Å². The van der Waals surface area contributed by atoms with Crippen molar-refractivity contribution in [1.82, 2.24) is 10.6 Å². The van der Waals surface area contributed by atoms with Gasteiger partial charge in [0.2, 0.25) is 0 Å². The van der Waals surface area contributed by atoms with Gasteiger partial charge in [-0.3, -0.25) is 4.79 Å². The van der Waals surface area contributed by atoms with Crippen molar-refractivity contribution in [2.45, 2.75) is 24.9 Å². The highest BCUT2D eigenvalue weighted by Gasteiger charge is 2.38. The largest absolute Gasteiger partial charge is 0.378 e. The summed E-state index contributed by atoms with van der Waals surface area (Å²) in [5, 5.41) is 12.5. The molecule has 0 aromatic heterocycles. The molecule has 5 heteroatoms. The zero-order chi connectivity index (χ0) is 20.8. The van der Waals surface area contributed by atoms with Gasteiger partial charge < -0.3 is 16.0 Å². The Morgan fingerprint density at radius 2 is 2.03 bits per heavy atom. The smallest absolute Gasteiger partial charge is 0.251 e. The Bertz CT molecular complexity index is 925. The van der Waals surface area contributed by atoms with Gasteiger partial charge in [-0.2, -0.15) is 0 Å². The van der Waals surface area contributed by atoms with E-state index in [0.29, 0.717) is 18.0 Å². The molecular formula is C25H29N3OS. The van der Waals surface area contributed by atoms with E-state index < -0.39 is 0 Å². The van der Waals surface area contributed by atoms with Gasteiger partial charge in [0.05, 0.1) is 6.04 Å². The van der Waals surface area contributed by atoms with Gasteiger partial charge in [0, 0.05) is 29.8 Å². The molecule has 4 nitrogen and oxygen atoms in total. The number of benzene rings is 2. The number of allylic oxidation sites excluding steroid dienone is 2. The van der Waals surface area contributed by atoms with Crippen LogP contribution in [0.4, 0.5) is 5.69 Å². The molecule has 30 heavy (non-hydrogen) atoms. The lowest BCUT2D eigenvalue weighted by atomic mass is 9.75. The van der Waals surface area contributed by atoms with Crippen molar-refractivity contribution < 1.29 is 4.79 Å². The van der Waals surface area contributed by atoms with E-state index in [2.05, 4.69) is 58.4 Å². The summed E-state index contributed by atoms with van der Waals surface area (Å²) >= 11 is 1.65. The van der Waals surface area contributed by atoms with Crippen LogP contribution in [0.15, 0.2) is 72.2 Å². The van der Waals surface area contributed by atoms with Crippen molar-refractivity contribution in [2.24, 2.45) is 5.92 Å². The molecule has 2 aliphatic rings. The summed E-state index contributed by atoms with van der Waals surface area (Å²) in [6, 6.07) is 17.3. The molecule has 2 heterocycles. The summed E-state index contributed by atoms with van der Waals surface area (Å²) in [7, 11) is 0. The molecule has 0 radical (unpaired) electrons. The normalized spacial score (nSPS) is 23.0. The van der Waals surface area contributed by atoms with E-state index in [4.69, 9.17) is 0 Å². The lowest BCUT2D eigenvalue weighted by Gasteiger charge is -2.44. The maximum Gasteiger partial charge on any atom is 0.251 e. The summed E-state index contributed by atoms with van der Waals surface area (Å²) in [5.74, 6) is 0.437. The molecule has 1 saturated heterocycles. The van der Waals surface area contributed by atoms with Gasteiger partial charge in [-0.15, -0.1) is 11.8 Å². The molecule has 0 spiro atoms. The Morgan fingerprint density at radius 3 is 2.87 bits per heavy atom. The van der Waals surface area contributed by atoms with Crippen LogP contribution in [-0.4, -0.2) is 25.3 Å². The minimum Gasteiger partial charge on any atom is -0.378 e. The number of hydrogen-bond donors (Lipinski definition) is 3. The van der Waals surface area contributed by atoms with Gasteiger partial charge in [-0.25, -0.2) is 0 Å². The van der Waals surface area contributed by atoms with Crippen molar-refractivity contribution >= 4 is 23.4 Å². The molecule has 2 aromatic rings. The molecule has 156 valence electrons. The number of nitrogens with one attached hydrogen (secondary N) is 3. The van der Waals surface area contributed by atoms with Crippen LogP contribution >= 0.6 is 11.8 Å². The van der Waals surface area contributed by atoms with Gasteiger partial charge >= 0.3 is 0 Å². The fourth-order valence-corrected chi connectivity index (χ4v) is 4.74. The van der Waals surface area contributed by atoms with E-state index in [1.165, 1.54) is 24.0 Å². The predicted molar refractivity (Wildman–Crippen MR) is 127 cm³/mol. The first kappa shape index (κ1) is 20.8. The second-order valence-corrected chi connectivity index (χ2v) is 8.52. The zero-order valence-electron chi connectivity index (χ0n) is 17.3. The van der Waals surface area contributed by atoms with Crippen LogP contribution in [0, 0.1) is 5.92 Å². The molecule has 2 aromatic carbocycles. The Kier molecular flexibility index (Phi) is 6.92. The molecule has 1 fully saturated rings. The number of carbonyl (C=O) groups is 1. The maximum atomic E-state index is 12.7. The maximum absolute atomic E-state index is 12.7. The number of fused-ring (bicyclic) bond motifs is 3. The second kappa shape index (κ2) is 10.0. The summed E-state index contributed by atoms with van der Waals surface area (Å²) < 4.78 is 0. The molecule has 1 amide bonds. The third-order valence-corrected chi connectivity index (χ3v) is 6.32. The van der Waals surface area contributed by atoms with Gasteiger partial charge in [-0.1, -0.05) is 48.6 Å². The lowest BCUT2D eigenvalue weighted by Crippen LogP contribution is -2.42. The van der Waals surface area contributed by atoms with Crippen LogP contribution in [-0.2, 0) is 0 Å². The quantitative estimate of drug-likeness (QED) is 0.573. The summed E-state index contributed by atoms with van der Waals surface area (Å²) in [6.07, 6.45) is 10.2. The molecule has 3 unspecified atom stereocenters. The average Bonchev–Trinajstić information content (AvgIpc) is 2.81. The summed E-state index contributed by atoms with van der Waals surface area (Å²) in [6.45, 7) is 1.54. The predicted octanol–water partition coefficient (Wildman–Crippen LogP) is 5.06. The van der Waals surface area contributed by atoms with Crippen LogP contribution in [0.5, 0.6) is 0 Å². The second-order valence-electron chi connectivity index (χ2n) is 7.78. The van der Waals surface area contributed by atoms with Gasteiger partial charge in [0.15, 0.2) is 0 Å². The van der Waals surface area contributed by atoms with E-state index in [0.717, 1.165) is 12.2 Å². The first-order valence-electron chi connectivity index (χ1n) is 10.6. The van der Waals surface area contributed by atoms with Crippen molar-refractivity contribution in [3.8, 4) is 0 Å². The number of amides is 1. The third-order valence-electron chi connectivity index (χ3n) is 5.90. The number of hydrogen-bond acceptors (Lipinski definition) is 4. The SMILES string of the molecule is CS/C=C\C=C\CNC(=O)c1ccc2c(c1)C1NCCCC1C(c1ccccc1)N2. The van der Waals surface area contributed by atoms with Gasteiger partial charge in [0.1, 0.15) is 0 Å². The highest BCUT2D eigenvalue weighted by Crippen LogP contribution is 2.46. The Morgan fingerprint density at radius 1 is 1.17 bits per heavy atom. The van der Waals surface area contributed by atoms with E-state index >= 15 is 0 Å². The van der Waals surface area contributed by atoms with Crippen LogP contribution in [0.25, 0.3) is 0 Å². The van der Waals surface area contributed by atoms with E-state index in [9.17, 15) is 4.79 Å². The van der Waals surface area contributed by atoms with Crippen LogP contribution in [0.2, 0.25) is 0 Å². The Balaban J connectivity index is 1.53. The molecule has 0 bridgehead atoms. The topological polar surface area (TPSA) is 53.2 Å². The Hall–Kier alpha value is -2.50. The van der Waals surface area contributed by atoms with E-state index in [1.54, 1.807) is 11.8 Å². The molecular weight excluding hydrogens is 390 g/mol. The van der Waals surface area contributed by atoms with Gasteiger partial charge in [-0.05, 0) is 60.4 Å². The van der Waals surface area contributed by atoms with Gasteiger partial charge in [0.25, 0.3) is 5.91 Å². The van der Waals surface area contributed by atoms with Crippen molar-refractivity contribution in [3.05, 3.63) is 88.9 Å². The number of piperidine rings is 1. The van der Waals surface area contributed by atoms with Crippen molar-refractivity contribution in [3.63, 3.8) is 0 Å². The minimum absolute atomic E-state index is 0.0335. The molecule has 4 rings (SSSR count). The summed E-state index contributed by atoms with van der Waals surface area (Å²) in [4.78, 5) is 12.7. The first-order valence-corrected chi connectivity index (χ1v) is 11.9. The highest BCUT2D eigenvalue weighted by molar-refractivity contribution is 8.01. The average molecular weight is 420 g/mol. The fraction of sp³-hybridized carbons (Fsp3) is 0.320. The standard InChI is InChI=1S/C25H29N3OS/c1-30-16-7-3-6-14-27-25(29)19-12-13-22-21(17-19)24-20(11-8-15-26-24)23(28-22)18-9-4-2-5-10-18/h2-7,9-10,12-13,16-17,20,23-24,26,28H,8,11,14-15H2,1H3,(H,27,29)/b6-3+,16-7-.